The second-order valence-electron chi connectivity index (χ2n) is 5.47. The predicted octanol–water partition coefficient (Wildman–Crippen LogP) is 1.02. The van der Waals surface area contributed by atoms with Gasteiger partial charge >= 0.3 is 0 Å². The highest BCUT2D eigenvalue weighted by molar-refractivity contribution is 5.96. The molecule has 1 heterocycles. The van der Waals surface area contributed by atoms with Crippen molar-refractivity contribution in [2.75, 3.05) is 33.2 Å². The number of hydrogen-bond acceptors (Lipinski definition) is 3. The number of carbonyl (C=O) groups is 1. The van der Waals surface area contributed by atoms with Crippen molar-refractivity contribution < 1.29 is 4.79 Å². The second kappa shape index (κ2) is 5.72. The summed E-state index contributed by atoms with van der Waals surface area (Å²) in [5.74, 6) is 0.116. The number of nitrogens with zero attached hydrogens (tertiary/aromatic N) is 2. The topological polar surface area (TPSA) is 49.6 Å². The molecule has 0 aromatic heterocycles. The Morgan fingerprint density at radius 3 is 2.79 bits per heavy atom. The summed E-state index contributed by atoms with van der Waals surface area (Å²) in [6, 6.07) is 6.14. The Bertz CT molecular complexity index is 472. The lowest BCUT2D eigenvalue weighted by Gasteiger charge is -2.39. The minimum Gasteiger partial charge on any atom is -0.332 e. The standard InChI is InChI=1S/C15H23N3O/c1-11-4-5-12(2)14(8-11)15(19)18-7-6-17(3)10-13(18)9-16/h4-5,8,13H,6-7,9-10,16H2,1-3H3. The van der Waals surface area contributed by atoms with Crippen molar-refractivity contribution in [1.82, 2.24) is 9.80 Å². The third-order valence-corrected chi connectivity index (χ3v) is 3.84. The van der Waals surface area contributed by atoms with Gasteiger partial charge in [-0.15, -0.1) is 0 Å². The molecular formula is C15H23N3O. The number of nitrogens with two attached hydrogens (primary N) is 1. The van der Waals surface area contributed by atoms with Gasteiger partial charge in [0.05, 0.1) is 6.04 Å². The lowest BCUT2D eigenvalue weighted by Crippen LogP contribution is -2.56. The van der Waals surface area contributed by atoms with Crippen molar-refractivity contribution in [3.05, 3.63) is 34.9 Å². The molecule has 19 heavy (non-hydrogen) atoms. The quantitative estimate of drug-likeness (QED) is 0.864. The molecule has 104 valence electrons. The third kappa shape index (κ3) is 2.96. The molecule has 2 N–H and O–H groups in total. The number of carbonyl (C=O) groups excluding carboxylic acids is 1. The molecule has 1 atom stereocenters. The zero-order valence-electron chi connectivity index (χ0n) is 12.0. The summed E-state index contributed by atoms with van der Waals surface area (Å²) < 4.78 is 0. The Morgan fingerprint density at radius 1 is 1.37 bits per heavy atom. The average molecular weight is 261 g/mol. The normalized spacial score (nSPS) is 20.6. The maximum absolute atomic E-state index is 12.7. The van der Waals surface area contributed by atoms with Gasteiger partial charge in [-0.2, -0.15) is 0 Å². The van der Waals surface area contributed by atoms with Crippen LogP contribution in [-0.4, -0.2) is 55.0 Å². The molecular weight excluding hydrogens is 238 g/mol. The van der Waals surface area contributed by atoms with Crippen molar-refractivity contribution in [3.8, 4) is 0 Å². The molecule has 0 aliphatic carbocycles. The van der Waals surface area contributed by atoms with Crippen LogP contribution in [0.3, 0.4) is 0 Å². The highest BCUT2D eigenvalue weighted by Gasteiger charge is 2.29. The zero-order valence-corrected chi connectivity index (χ0v) is 12.0. The molecule has 1 amide bonds. The summed E-state index contributed by atoms with van der Waals surface area (Å²) in [7, 11) is 2.07. The van der Waals surface area contributed by atoms with Gasteiger partial charge in [-0.3, -0.25) is 4.79 Å². The highest BCUT2D eigenvalue weighted by atomic mass is 16.2. The largest absolute Gasteiger partial charge is 0.332 e. The van der Waals surface area contributed by atoms with Crippen molar-refractivity contribution in [3.63, 3.8) is 0 Å². The van der Waals surface area contributed by atoms with Gasteiger partial charge in [0, 0.05) is 31.7 Å². The fourth-order valence-corrected chi connectivity index (χ4v) is 2.60. The number of amides is 1. The van der Waals surface area contributed by atoms with Gasteiger partial charge < -0.3 is 15.5 Å². The fourth-order valence-electron chi connectivity index (χ4n) is 2.60. The van der Waals surface area contributed by atoms with E-state index in [1.165, 1.54) is 0 Å². The SMILES string of the molecule is Cc1ccc(C)c(C(=O)N2CCN(C)CC2CN)c1. The van der Waals surface area contributed by atoms with E-state index in [0.29, 0.717) is 6.54 Å². The van der Waals surface area contributed by atoms with E-state index in [1.54, 1.807) is 0 Å². The van der Waals surface area contributed by atoms with Crippen LogP contribution in [0, 0.1) is 13.8 Å². The lowest BCUT2D eigenvalue weighted by atomic mass is 10.0. The molecule has 4 nitrogen and oxygen atoms in total. The Morgan fingerprint density at radius 2 is 2.11 bits per heavy atom. The molecule has 4 heteroatoms. The van der Waals surface area contributed by atoms with Gasteiger partial charge in [-0.05, 0) is 32.5 Å². The van der Waals surface area contributed by atoms with Crippen LogP contribution in [0.15, 0.2) is 18.2 Å². The third-order valence-electron chi connectivity index (χ3n) is 3.84. The Labute approximate surface area is 115 Å². The lowest BCUT2D eigenvalue weighted by molar-refractivity contribution is 0.0515. The van der Waals surface area contributed by atoms with Crippen LogP contribution >= 0.6 is 0 Å². The van der Waals surface area contributed by atoms with E-state index >= 15 is 0 Å². The molecule has 0 bridgehead atoms. The van der Waals surface area contributed by atoms with Crippen LogP contribution in [0.5, 0.6) is 0 Å². The zero-order chi connectivity index (χ0) is 14.0. The van der Waals surface area contributed by atoms with E-state index in [9.17, 15) is 4.79 Å². The summed E-state index contributed by atoms with van der Waals surface area (Å²) >= 11 is 0. The summed E-state index contributed by atoms with van der Waals surface area (Å²) in [4.78, 5) is 16.9. The van der Waals surface area contributed by atoms with Gasteiger partial charge in [0.25, 0.3) is 5.91 Å². The van der Waals surface area contributed by atoms with E-state index in [4.69, 9.17) is 5.73 Å². The predicted molar refractivity (Wildman–Crippen MR) is 77.3 cm³/mol. The first kappa shape index (κ1) is 14.0. The van der Waals surface area contributed by atoms with Crippen LogP contribution < -0.4 is 5.73 Å². The van der Waals surface area contributed by atoms with Crippen LogP contribution in [-0.2, 0) is 0 Å². The van der Waals surface area contributed by atoms with Gasteiger partial charge in [0.1, 0.15) is 0 Å². The van der Waals surface area contributed by atoms with Crippen LogP contribution in [0.4, 0.5) is 0 Å². The van der Waals surface area contributed by atoms with E-state index < -0.39 is 0 Å². The molecule has 1 aliphatic rings. The molecule has 0 spiro atoms. The Kier molecular flexibility index (Phi) is 4.22. The molecule has 1 aromatic rings. The molecule has 0 saturated carbocycles. The average Bonchev–Trinajstić information content (AvgIpc) is 2.40. The van der Waals surface area contributed by atoms with Crippen molar-refractivity contribution >= 4 is 5.91 Å². The van der Waals surface area contributed by atoms with Crippen molar-refractivity contribution in [2.24, 2.45) is 5.73 Å². The van der Waals surface area contributed by atoms with Gasteiger partial charge in [-0.25, -0.2) is 0 Å². The molecule has 1 unspecified atom stereocenters. The summed E-state index contributed by atoms with van der Waals surface area (Å²) in [5.41, 5.74) is 8.78. The molecule has 1 aliphatic heterocycles. The maximum atomic E-state index is 12.7. The molecule has 2 rings (SSSR count). The minimum atomic E-state index is 0.116. The molecule has 1 fully saturated rings. The first-order valence-electron chi connectivity index (χ1n) is 6.79. The summed E-state index contributed by atoms with van der Waals surface area (Å²) in [5, 5.41) is 0. The van der Waals surface area contributed by atoms with Gasteiger partial charge in [0.15, 0.2) is 0 Å². The van der Waals surface area contributed by atoms with Gasteiger partial charge in [-0.1, -0.05) is 17.7 Å². The van der Waals surface area contributed by atoms with E-state index in [0.717, 1.165) is 36.3 Å². The smallest absolute Gasteiger partial charge is 0.254 e. The number of benzene rings is 1. The fraction of sp³-hybridized carbons (Fsp3) is 0.533. The number of likely N-dealkylation sites (N-methyl/N-ethyl adjacent to an activating group) is 1. The number of hydrogen-bond donors (Lipinski definition) is 1. The van der Waals surface area contributed by atoms with E-state index in [1.807, 2.05) is 36.9 Å². The van der Waals surface area contributed by atoms with Crippen LogP contribution in [0.1, 0.15) is 21.5 Å². The highest BCUT2D eigenvalue weighted by Crippen LogP contribution is 2.17. The van der Waals surface area contributed by atoms with Crippen LogP contribution in [0.25, 0.3) is 0 Å². The first-order chi connectivity index (χ1) is 9.02. The van der Waals surface area contributed by atoms with E-state index in [2.05, 4.69) is 11.9 Å². The monoisotopic (exact) mass is 261 g/mol. The van der Waals surface area contributed by atoms with Crippen molar-refractivity contribution in [1.29, 1.82) is 0 Å². The molecule has 1 aromatic carbocycles. The summed E-state index contributed by atoms with van der Waals surface area (Å²) in [6.45, 7) is 7.03. The molecule has 1 saturated heterocycles. The van der Waals surface area contributed by atoms with Crippen molar-refractivity contribution in [2.45, 2.75) is 19.9 Å². The first-order valence-corrected chi connectivity index (χ1v) is 6.79. The van der Waals surface area contributed by atoms with Crippen LogP contribution in [0.2, 0.25) is 0 Å². The maximum Gasteiger partial charge on any atom is 0.254 e. The second-order valence-corrected chi connectivity index (χ2v) is 5.47. The summed E-state index contributed by atoms with van der Waals surface area (Å²) in [6.07, 6.45) is 0. The molecule has 0 radical (unpaired) electrons. The number of rotatable bonds is 2. The van der Waals surface area contributed by atoms with E-state index in [-0.39, 0.29) is 11.9 Å². The number of piperazine rings is 1. The number of aryl methyl sites for hydroxylation is 2. The van der Waals surface area contributed by atoms with Gasteiger partial charge in [0.2, 0.25) is 0 Å². The minimum absolute atomic E-state index is 0.116. The Balaban J connectivity index is 2.25. The Hall–Kier alpha value is -1.39.